The number of carbonyl (C=O) groups excluding carboxylic acids is 2. The van der Waals surface area contributed by atoms with E-state index >= 15 is 0 Å². The van der Waals surface area contributed by atoms with Gasteiger partial charge in [-0.25, -0.2) is 0 Å². The van der Waals surface area contributed by atoms with Crippen molar-refractivity contribution in [1.29, 1.82) is 0 Å². The minimum Gasteiger partial charge on any atom is -0.271 e. The number of fused-ring (bicyclic) bond motifs is 1. The number of nitrogens with zero attached hydrogens (tertiary/aromatic N) is 1. The minimum atomic E-state index is -0.0751. The van der Waals surface area contributed by atoms with E-state index in [1.165, 1.54) is 38.5 Å². The fraction of sp³-hybridized carbons (Fsp3) is 0.600. The van der Waals surface area contributed by atoms with Gasteiger partial charge in [-0.05, 0) is 80.8 Å². The third-order valence-corrected chi connectivity index (χ3v) is 7.18. The monoisotopic (exact) mass is 309 g/mol. The molecule has 2 amide bonds. The molecule has 0 aromatic heterocycles. The van der Waals surface area contributed by atoms with Crippen LogP contribution >= 0.6 is 0 Å². The number of amides is 2. The van der Waals surface area contributed by atoms with Crippen molar-refractivity contribution in [3.05, 3.63) is 35.4 Å². The molecule has 120 valence electrons. The van der Waals surface area contributed by atoms with Crippen LogP contribution in [-0.4, -0.2) is 22.8 Å². The maximum atomic E-state index is 12.8. The first kappa shape index (κ1) is 13.8. The summed E-state index contributed by atoms with van der Waals surface area (Å²) in [7, 11) is 0. The number of hydrogen-bond acceptors (Lipinski definition) is 2. The largest absolute Gasteiger partial charge is 0.271 e. The normalized spacial score (nSPS) is 39.0. The van der Waals surface area contributed by atoms with Crippen molar-refractivity contribution in [2.45, 2.75) is 51.5 Å². The van der Waals surface area contributed by atoms with Crippen LogP contribution in [0.15, 0.2) is 24.3 Å². The van der Waals surface area contributed by atoms with Crippen molar-refractivity contribution < 1.29 is 9.59 Å². The molecule has 3 heteroatoms. The summed E-state index contributed by atoms with van der Waals surface area (Å²) in [5.41, 5.74) is 1.37. The van der Waals surface area contributed by atoms with Crippen LogP contribution in [0.3, 0.4) is 0 Å². The molecule has 0 saturated heterocycles. The lowest BCUT2D eigenvalue weighted by atomic mass is 9.47. The van der Waals surface area contributed by atoms with Crippen molar-refractivity contribution >= 4 is 11.8 Å². The Morgan fingerprint density at radius 2 is 1.35 bits per heavy atom. The van der Waals surface area contributed by atoms with Gasteiger partial charge in [0.05, 0.1) is 11.1 Å². The van der Waals surface area contributed by atoms with Gasteiger partial charge in [-0.2, -0.15) is 0 Å². The Kier molecular flexibility index (Phi) is 2.67. The average molecular weight is 309 g/mol. The number of carbonyl (C=O) groups is 2. The summed E-state index contributed by atoms with van der Waals surface area (Å²) in [4.78, 5) is 27.3. The van der Waals surface area contributed by atoms with Crippen LogP contribution in [0.1, 0.15) is 66.2 Å². The zero-order valence-corrected chi connectivity index (χ0v) is 13.6. The molecule has 5 aliphatic rings. The van der Waals surface area contributed by atoms with E-state index in [4.69, 9.17) is 0 Å². The molecule has 3 nitrogen and oxygen atoms in total. The van der Waals surface area contributed by atoms with Gasteiger partial charge in [0.1, 0.15) is 0 Å². The number of imide groups is 1. The smallest absolute Gasteiger partial charge is 0.261 e. The van der Waals surface area contributed by atoms with Gasteiger partial charge >= 0.3 is 0 Å². The maximum absolute atomic E-state index is 12.8. The van der Waals surface area contributed by atoms with Gasteiger partial charge in [0.25, 0.3) is 11.8 Å². The molecule has 1 aromatic rings. The van der Waals surface area contributed by atoms with Crippen molar-refractivity contribution in [2.75, 3.05) is 0 Å². The van der Waals surface area contributed by atoms with Crippen molar-refractivity contribution in [3.8, 4) is 0 Å². The first-order chi connectivity index (χ1) is 11.1. The molecule has 6 rings (SSSR count). The summed E-state index contributed by atoms with van der Waals surface area (Å²) >= 11 is 0. The summed E-state index contributed by atoms with van der Waals surface area (Å²) in [6.45, 7) is 2.13. The summed E-state index contributed by atoms with van der Waals surface area (Å²) in [6.07, 6.45) is 7.80. The standard InChI is InChI=1S/C20H23NO2/c1-12(20-9-13-6-14(10-20)8-15(7-13)11-20)21-18(22)16-4-2-3-5-17(16)19(21)23/h2-5,12-15H,6-11H2,1H3/t12-,13?,14?,15?,20?/m0/s1. The summed E-state index contributed by atoms with van der Waals surface area (Å²) in [6, 6.07) is 7.32. The van der Waals surface area contributed by atoms with E-state index in [9.17, 15) is 9.59 Å². The van der Waals surface area contributed by atoms with E-state index in [-0.39, 0.29) is 23.3 Å². The van der Waals surface area contributed by atoms with Crippen LogP contribution in [0.2, 0.25) is 0 Å². The van der Waals surface area contributed by atoms with E-state index in [0.717, 1.165) is 17.8 Å². The lowest BCUT2D eigenvalue weighted by Crippen LogP contribution is -2.57. The van der Waals surface area contributed by atoms with E-state index in [0.29, 0.717) is 11.1 Å². The van der Waals surface area contributed by atoms with Crippen molar-refractivity contribution in [1.82, 2.24) is 4.90 Å². The fourth-order valence-corrected chi connectivity index (χ4v) is 6.52. The molecule has 4 saturated carbocycles. The minimum absolute atomic E-state index is 0.0308. The van der Waals surface area contributed by atoms with Crippen LogP contribution in [0.25, 0.3) is 0 Å². The molecule has 0 N–H and O–H groups in total. The molecule has 1 atom stereocenters. The average Bonchev–Trinajstić information content (AvgIpc) is 2.77. The van der Waals surface area contributed by atoms with Gasteiger partial charge in [0.15, 0.2) is 0 Å². The third-order valence-electron chi connectivity index (χ3n) is 7.18. The van der Waals surface area contributed by atoms with Gasteiger partial charge in [-0.1, -0.05) is 12.1 Å². The molecule has 4 aliphatic carbocycles. The van der Waals surface area contributed by atoms with Crippen molar-refractivity contribution in [2.24, 2.45) is 23.2 Å². The molecule has 0 unspecified atom stereocenters. The molecule has 0 spiro atoms. The highest BCUT2D eigenvalue weighted by Crippen LogP contribution is 2.62. The number of benzene rings is 1. The Morgan fingerprint density at radius 1 is 0.913 bits per heavy atom. The molecular formula is C20H23NO2. The zero-order valence-electron chi connectivity index (χ0n) is 13.6. The van der Waals surface area contributed by atoms with E-state index in [1.807, 2.05) is 12.1 Å². The quantitative estimate of drug-likeness (QED) is 0.777. The van der Waals surface area contributed by atoms with Crippen LogP contribution in [0, 0.1) is 23.2 Å². The molecule has 4 bridgehead atoms. The third kappa shape index (κ3) is 1.76. The van der Waals surface area contributed by atoms with Gasteiger partial charge in [0.2, 0.25) is 0 Å². The fourth-order valence-electron chi connectivity index (χ4n) is 6.52. The number of hydrogen-bond donors (Lipinski definition) is 0. The Morgan fingerprint density at radius 3 is 1.78 bits per heavy atom. The molecule has 1 heterocycles. The molecule has 4 fully saturated rings. The predicted molar refractivity (Wildman–Crippen MR) is 87.0 cm³/mol. The lowest BCUT2D eigenvalue weighted by Gasteiger charge is -2.59. The molecule has 1 aromatic carbocycles. The Bertz CT molecular complexity index is 637. The van der Waals surface area contributed by atoms with Crippen LogP contribution in [0.4, 0.5) is 0 Å². The Balaban J connectivity index is 1.51. The Labute approximate surface area is 137 Å². The maximum Gasteiger partial charge on any atom is 0.261 e. The van der Waals surface area contributed by atoms with Gasteiger partial charge in [-0.15, -0.1) is 0 Å². The highest BCUT2D eigenvalue weighted by Gasteiger charge is 2.56. The Hall–Kier alpha value is -1.64. The lowest BCUT2D eigenvalue weighted by molar-refractivity contribution is -0.0849. The highest BCUT2D eigenvalue weighted by molar-refractivity contribution is 6.21. The second-order valence-electron chi connectivity index (χ2n) is 8.48. The summed E-state index contributed by atoms with van der Waals surface area (Å²) in [5, 5.41) is 0. The topological polar surface area (TPSA) is 37.4 Å². The molecule has 1 aliphatic heterocycles. The molecule has 0 radical (unpaired) electrons. The molecule has 23 heavy (non-hydrogen) atoms. The molecular weight excluding hydrogens is 286 g/mol. The number of rotatable bonds is 2. The zero-order chi connectivity index (χ0) is 15.8. The van der Waals surface area contributed by atoms with Crippen molar-refractivity contribution in [3.63, 3.8) is 0 Å². The first-order valence-electron chi connectivity index (χ1n) is 9.04. The highest BCUT2D eigenvalue weighted by atomic mass is 16.2. The predicted octanol–water partition coefficient (Wildman–Crippen LogP) is 3.89. The second kappa shape index (κ2) is 4.46. The summed E-state index contributed by atoms with van der Waals surface area (Å²) in [5.74, 6) is 2.35. The van der Waals surface area contributed by atoms with E-state index in [1.54, 1.807) is 17.0 Å². The summed E-state index contributed by atoms with van der Waals surface area (Å²) < 4.78 is 0. The van der Waals surface area contributed by atoms with Gasteiger partial charge < -0.3 is 0 Å². The first-order valence-corrected chi connectivity index (χ1v) is 9.04. The van der Waals surface area contributed by atoms with Crippen LogP contribution in [-0.2, 0) is 0 Å². The van der Waals surface area contributed by atoms with E-state index in [2.05, 4.69) is 6.92 Å². The van der Waals surface area contributed by atoms with Crippen LogP contribution < -0.4 is 0 Å². The van der Waals surface area contributed by atoms with E-state index < -0.39 is 0 Å². The second-order valence-corrected chi connectivity index (χ2v) is 8.48. The van der Waals surface area contributed by atoms with Crippen LogP contribution in [0.5, 0.6) is 0 Å². The SMILES string of the molecule is C[C@H](N1C(=O)c2ccccc2C1=O)C12CC3CC(CC(C3)C1)C2. The van der Waals surface area contributed by atoms with Gasteiger partial charge in [-0.3, -0.25) is 14.5 Å². The van der Waals surface area contributed by atoms with Gasteiger partial charge in [0, 0.05) is 6.04 Å².